The molecule has 1 aromatic heterocycles. The normalized spacial score (nSPS) is 21.4. The number of carbonyl (C=O) groups is 1. The van der Waals surface area contributed by atoms with Gasteiger partial charge in [-0.25, -0.2) is 0 Å². The molecule has 1 aliphatic carbocycles. The molecule has 100 valence electrons. The lowest BCUT2D eigenvalue weighted by atomic mass is 10.2. The number of amides is 1. The summed E-state index contributed by atoms with van der Waals surface area (Å²) in [7, 11) is 1.63. The summed E-state index contributed by atoms with van der Waals surface area (Å²) >= 11 is 1.42. The standard InChI is InChI=1S/C14H16N2O2S/c1-7-5-10(7)16-14(17)13-12(15)9-4-3-8(18-2)6-11(9)19-13/h3-4,6-7,10H,5,15H2,1-2H3,(H,16,17). The second kappa shape index (κ2) is 4.42. The minimum atomic E-state index is -0.0629. The summed E-state index contributed by atoms with van der Waals surface area (Å²) in [6.07, 6.45) is 1.06. The molecule has 3 rings (SSSR count). The quantitative estimate of drug-likeness (QED) is 0.905. The molecule has 2 aromatic rings. The SMILES string of the molecule is COc1ccc2c(N)c(C(=O)NC3CC3C)sc2c1. The van der Waals surface area contributed by atoms with Crippen molar-refractivity contribution in [2.45, 2.75) is 19.4 Å². The van der Waals surface area contributed by atoms with E-state index in [0.29, 0.717) is 22.5 Å². The van der Waals surface area contributed by atoms with E-state index >= 15 is 0 Å². The molecule has 0 saturated heterocycles. The van der Waals surface area contributed by atoms with Gasteiger partial charge in [-0.2, -0.15) is 0 Å². The Morgan fingerprint density at radius 1 is 1.53 bits per heavy atom. The van der Waals surface area contributed by atoms with E-state index < -0.39 is 0 Å². The van der Waals surface area contributed by atoms with Gasteiger partial charge in [-0.3, -0.25) is 4.79 Å². The Hall–Kier alpha value is -1.75. The third kappa shape index (κ3) is 2.14. The van der Waals surface area contributed by atoms with Gasteiger partial charge in [0.2, 0.25) is 0 Å². The van der Waals surface area contributed by atoms with E-state index in [4.69, 9.17) is 10.5 Å². The van der Waals surface area contributed by atoms with Gasteiger partial charge >= 0.3 is 0 Å². The number of nitrogens with two attached hydrogens (primary N) is 1. The van der Waals surface area contributed by atoms with Crippen LogP contribution in [-0.4, -0.2) is 19.1 Å². The topological polar surface area (TPSA) is 64.3 Å². The summed E-state index contributed by atoms with van der Waals surface area (Å²) in [5.41, 5.74) is 6.63. The smallest absolute Gasteiger partial charge is 0.263 e. The van der Waals surface area contributed by atoms with E-state index in [1.165, 1.54) is 11.3 Å². The summed E-state index contributed by atoms with van der Waals surface area (Å²) in [5.74, 6) is 1.29. The highest BCUT2D eigenvalue weighted by molar-refractivity contribution is 7.21. The van der Waals surface area contributed by atoms with Crippen molar-refractivity contribution in [3.8, 4) is 5.75 Å². The third-order valence-corrected chi connectivity index (χ3v) is 4.73. The van der Waals surface area contributed by atoms with Crippen LogP contribution in [0, 0.1) is 5.92 Å². The third-order valence-electron chi connectivity index (χ3n) is 3.57. The number of anilines is 1. The minimum absolute atomic E-state index is 0.0629. The summed E-state index contributed by atoms with van der Waals surface area (Å²) in [6, 6.07) is 5.98. The van der Waals surface area contributed by atoms with E-state index in [2.05, 4.69) is 12.2 Å². The molecule has 2 unspecified atom stereocenters. The van der Waals surface area contributed by atoms with Crippen LogP contribution in [-0.2, 0) is 0 Å². The molecule has 1 amide bonds. The molecule has 5 heteroatoms. The number of fused-ring (bicyclic) bond motifs is 1. The molecule has 1 saturated carbocycles. The fourth-order valence-electron chi connectivity index (χ4n) is 2.15. The van der Waals surface area contributed by atoms with Gasteiger partial charge < -0.3 is 15.8 Å². The lowest BCUT2D eigenvalue weighted by Gasteiger charge is -2.02. The van der Waals surface area contributed by atoms with Crippen LogP contribution in [0.25, 0.3) is 10.1 Å². The Labute approximate surface area is 115 Å². The molecule has 19 heavy (non-hydrogen) atoms. The average molecular weight is 276 g/mol. The Morgan fingerprint density at radius 3 is 2.89 bits per heavy atom. The first-order valence-electron chi connectivity index (χ1n) is 6.27. The number of hydrogen-bond acceptors (Lipinski definition) is 4. The molecule has 0 aliphatic heterocycles. The summed E-state index contributed by atoms with van der Waals surface area (Å²) in [6.45, 7) is 2.13. The van der Waals surface area contributed by atoms with Crippen molar-refractivity contribution >= 4 is 33.0 Å². The number of hydrogen-bond donors (Lipinski definition) is 2. The summed E-state index contributed by atoms with van der Waals surface area (Å²) in [4.78, 5) is 12.8. The van der Waals surface area contributed by atoms with Crippen LogP contribution in [0.4, 0.5) is 5.69 Å². The molecule has 1 aromatic carbocycles. The number of ether oxygens (including phenoxy) is 1. The molecule has 2 atom stereocenters. The molecular weight excluding hydrogens is 260 g/mol. The van der Waals surface area contributed by atoms with E-state index in [0.717, 1.165) is 22.3 Å². The van der Waals surface area contributed by atoms with E-state index in [9.17, 15) is 4.79 Å². The van der Waals surface area contributed by atoms with Crippen molar-refractivity contribution in [3.63, 3.8) is 0 Å². The van der Waals surface area contributed by atoms with Crippen molar-refractivity contribution < 1.29 is 9.53 Å². The van der Waals surface area contributed by atoms with Crippen molar-refractivity contribution in [2.24, 2.45) is 5.92 Å². The van der Waals surface area contributed by atoms with Gasteiger partial charge in [0.05, 0.1) is 12.8 Å². The first kappa shape index (κ1) is 12.3. The number of thiophene rings is 1. The Morgan fingerprint density at radius 2 is 2.26 bits per heavy atom. The van der Waals surface area contributed by atoms with E-state index in [1.54, 1.807) is 7.11 Å². The molecular formula is C14H16N2O2S. The number of methoxy groups -OCH3 is 1. The van der Waals surface area contributed by atoms with E-state index in [1.807, 2.05) is 18.2 Å². The van der Waals surface area contributed by atoms with Crippen LogP contribution >= 0.6 is 11.3 Å². The second-order valence-electron chi connectivity index (χ2n) is 5.00. The van der Waals surface area contributed by atoms with Gasteiger partial charge in [0, 0.05) is 16.1 Å². The number of rotatable bonds is 3. The van der Waals surface area contributed by atoms with Crippen molar-refractivity contribution in [3.05, 3.63) is 23.1 Å². The van der Waals surface area contributed by atoms with Crippen LogP contribution < -0.4 is 15.8 Å². The summed E-state index contributed by atoms with van der Waals surface area (Å²) < 4.78 is 6.16. The fourth-order valence-corrected chi connectivity index (χ4v) is 3.20. The minimum Gasteiger partial charge on any atom is -0.497 e. The van der Waals surface area contributed by atoms with Gasteiger partial charge in [-0.05, 0) is 30.5 Å². The number of benzene rings is 1. The zero-order chi connectivity index (χ0) is 13.6. The largest absolute Gasteiger partial charge is 0.497 e. The highest BCUT2D eigenvalue weighted by Gasteiger charge is 2.34. The monoisotopic (exact) mass is 276 g/mol. The average Bonchev–Trinajstić information content (AvgIpc) is 2.98. The van der Waals surface area contributed by atoms with Gasteiger partial charge in [0.15, 0.2) is 0 Å². The molecule has 4 nitrogen and oxygen atoms in total. The molecule has 1 fully saturated rings. The molecule has 0 bridgehead atoms. The number of carbonyl (C=O) groups excluding carboxylic acids is 1. The predicted octanol–water partition coefficient (Wildman–Crippen LogP) is 2.63. The second-order valence-corrected chi connectivity index (χ2v) is 6.05. The molecule has 0 radical (unpaired) electrons. The Balaban J connectivity index is 1.94. The predicted molar refractivity (Wildman–Crippen MR) is 77.8 cm³/mol. The van der Waals surface area contributed by atoms with Crippen molar-refractivity contribution in [1.29, 1.82) is 0 Å². The Bertz CT molecular complexity index is 650. The zero-order valence-electron chi connectivity index (χ0n) is 10.9. The maximum absolute atomic E-state index is 12.2. The molecule has 0 spiro atoms. The van der Waals surface area contributed by atoms with Gasteiger partial charge in [-0.1, -0.05) is 6.92 Å². The molecule has 1 heterocycles. The maximum atomic E-state index is 12.2. The van der Waals surface area contributed by atoms with Gasteiger partial charge in [0.25, 0.3) is 5.91 Å². The number of nitrogens with one attached hydrogen (secondary N) is 1. The van der Waals surface area contributed by atoms with Crippen LogP contribution in [0.15, 0.2) is 18.2 Å². The van der Waals surface area contributed by atoms with Crippen molar-refractivity contribution in [1.82, 2.24) is 5.32 Å². The van der Waals surface area contributed by atoms with Crippen molar-refractivity contribution in [2.75, 3.05) is 12.8 Å². The lowest BCUT2D eigenvalue weighted by molar-refractivity contribution is 0.0954. The number of nitrogen functional groups attached to an aromatic ring is 1. The highest BCUT2D eigenvalue weighted by atomic mass is 32.1. The zero-order valence-corrected chi connectivity index (χ0v) is 11.7. The fraction of sp³-hybridized carbons (Fsp3) is 0.357. The first-order valence-corrected chi connectivity index (χ1v) is 7.08. The van der Waals surface area contributed by atoms with Crippen LogP contribution in [0.2, 0.25) is 0 Å². The summed E-state index contributed by atoms with van der Waals surface area (Å²) in [5, 5.41) is 3.93. The maximum Gasteiger partial charge on any atom is 0.263 e. The van der Waals surface area contributed by atoms with E-state index in [-0.39, 0.29) is 5.91 Å². The molecule has 3 N–H and O–H groups in total. The van der Waals surface area contributed by atoms with Gasteiger partial charge in [-0.15, -0.1) is 11.3 Å². The van der Waals surface area contributed by atoms with Crippen LogP contribution in [0.1, 0.15) is 23.0 Å². The molecule has 1 aliphatic rings. The van der Waals surface area contributed by atoms with Crippen LogP contribution in [0.5, 0.6) is 5.75 Å². The highest BCUT2D eigenvalue weighted by Crippen LogP contribution is 2.36. The first-order chi connectivity index (χ1) is 9.10. The Kier molecular flexibility index (Phi) is 2.86. The lowest BCUT2D eigenvalue weighted by Crippen LogP contribution is -2.26. The van der Waals surface area contributed by atoms with Crippen LogP contribution in [0.3, 0.4) is 0 Å². The van der Waals surface area contributed by atoms with Gasteiger partial charge in [0.1, 0.15) is 10.6 Å².